The molecule has 0 radical (unpaired) electrons. The van der Waals surface area contributed by atoms with Crippen molar-refractivity contribution < 1.29 is 19.1 Å². The first-order valence-corrected chi connectivity index (χ1v) is 7.64. The van der Waals surface area contributed by atoms with Gasteiger partial charge in [0.15, 0.2) is 6.10 Å². The molecule has 1 aromatic carbocycles. The lowest BCUT2D eigenvalue weighted by Crippen LogP contribution is -2.44. The van der Waals surface area contributed by atoms with E-state index in [2.05, 4.69) is 15.6 Å². The summed E-state index contributed by atoms with van der Waals surface area (Å²) < 4.78 is 5.11. The highest BCUT2D eigenvalue weighted by Crippen LogP contribution is 2.23. The quantitative estimate of drug-likeness (QED) is 0.825. The molecule has 0 aliphatic heterocycles. The minimum Gasteiger partial charge on any atom is -0.449 e. The fourth-order valence-corrected chi connectivity index (χ4v) is 2.23. The van der Waals surface area contributed by atoms with Gasteiger partial charge in [-0.2, -0.15) is 0 Å². The van der Waals surface area contributed by atoms with Crippen LogP contribution < -0.4 is 10.6 Å². The molecule has 0 fully saturated rings. The van der Waals surface area contributed by atoms with Crippen LogP contribution in [0, 0.1) is 0 Å². The van der Waals surface area contributed by atoms with E-state index in [1.54, 1.807) is 25.1 Å². The summed E-state index contributed by atoms with van der Waals surface area (Å²) in [7, 11) is 0. The fourth-order valence-electron chi connectivity index (χ4n) is 2.01. The number of pyridine rings is 1. The van der Waals surface area contributed by atoms with Crippen molar-refractivity contribution in [3.05, 3.63) is 41.0 Å². The fraction of sp³-hybridized carbons (Fsp3) is 0.250. The van der Waals surface area contributed by atoms with Gasteiger partial charge in [0, 0.05) is 23.2 Å². The SMILES string of the molecule is CCNC(=O)NC(=O)C(C)OC(=O)c1cc(Cl)cc2cccnc12. The van der Waals surface area contributed by atoms with Crippen LogP contribution in [0.1, 0.15) is 24.2 Å². The van der Waals surface area contributed by atoms with Crippen LogP contribution in [0.2, 0.25) is 5.02 Å². The third-order valence-electron chi connectivity index (χ3n) is 3.12. The van der Waals surface area contributed by atoms with Crippen LogP contribution in [0.25, 0.3) is 10.9 Å². The molecule has 24 heavy (non-hydrogen) atoms. The molecule has 2 N–H and O–H groups in total. The monoisotopic (exact) mass is 349 g/mol. The number of carbonyl (C=O) groups is 3. The van der Waals surface area contributed by atoms with Crippen LogP contribution in [0.4, 0.5) is 4.79 Å². The number of hydrogen-bond acceptors (Lipinski definition) is 5. The van der Waals surface area contributed by atoms with Gasteiger partial charge in [-0.15, -0.1) is 0 Å². The summed E-state index contributed by atoms with van der Waals surface area (Å²) in [6.07, 6.45) is 0.385. The number of nitrogens with one attached hydrogen (secondary N) is 2. The summed E-state index contributed by atoms with van der Waals surface area (Å²) in [5.74, 6) is -1.48. The highest BCUT2D eigenvalue weighted by Gasteiger charge is 2.22. The highest BCUT2D eigenvalue weighted by atomic mass is 35.5. The second kappa shape index (κ2) is 7.74. The van der Waals surface area contributed by atoms with Crippen molar-refractivity contribution in [2.75, 3.05) is 6.54 Å². The van der Waals surface area contributed by atoms with Crippen molar-refractivity contribution in [3.63, 3.8) is 0 Å². The van der Waals surface area contributed by atoms with E-state index in [1.807, 2.05) is 0 Å². The van der Waals surface area contributed by atoms with Crippen molar-refractivity contribution in [3.8, 4) is 0 Å². The average molecular weight is 350 g/mol. The zero-order valence-corrected chi connectivity index (χ0v) is 13.9. The van der Waals surface area contributed by atoms with E-state index in [4.69, 9.17) is 16.3 Å². The molecule has 0 bridgehead atoms. The Bertz CT molecular complexity index is 794. The largest absolute Gasteiger partial charge is 0.449 e. The number of benzene rings is 1. The molecule has 1 aromatic heterocycles. The molecule has 7 nitrogen and oxygen atoms in total. The Morgan fingerprint density at radius 3 is 2.79 bits per heavy atom. The van der Waals surface area contributed by atoms with Crippen LogP contribution in [0.5, 0.6) is 0 Å². The maximum Gasteiger partial charge on any atom is 0.341 e. The van der Waals surface area contributed by atoms with Gasteiger partial charge in [-0.05, 0) is 32.0 Å². The van der Waals surface area contributed by atoms with E-state index in [9.17, 15) is 14.4 Å². The van der Waals surface area contributed by atoms with Gasteiger partial charge < -0.3 is 10.1 Å². The van der Waals surface area contributed by atoms with E-state index in [-0.39, 0.29) is 5.56 Å². The van der Waals surface area contributed by atoms with Crippen molar-refractivity contribution >= 4 is 40.4 Å². The number of hydrogen-bond donors (Lipinski definition) is 2. The first-order valence-electron chi connectivity index (χ1n) is 7.26. The number of imide groups is 1. The molecule has 1 unspecified atom stereocenters. The Kier molecular flexibility index (Phi) is 5.70. The molecule has 0 saturated carbocycles. The maximum atomic E-state index is 12.3. The topological polar surface area (TPSA) is 97.4 Å². The van der Waals surface area contributed by atoms with Gasteiger partial charge in [0.2, 0.25) is 0 Å². The normalized spacial score (nSPS) is 11.6. The molecule has 0 aliphatic rings. The van der Waals surface area contributed by atoms with Gasteiger partial charge in [-0.25, -0.2) is 9.59 Å². The lowest BCUT2D eigenvalue weighted by molar-refractivity contribution is -0.127. The molecular weight excluding hydrogens is 334 g/mol. The summed E-state index contributed by atoms with van der Waals surface area (Å²) in [6, 6.07) is 5.92. The van der Waals surface area contributed by atoms with Crippen LogP contribution in [-0.2, 0) is 9.53 Å². The Morgan fingerprint density at radius 2 is 2.08 bits per heavy atom. The number of amides is 3. The number of esters is 1. The third-order valence-corrected chi connectivity index (χ3v) is 3.33. The van der Waals surface area contributed by atoms with Crippen LogP contribution in [0.3, 0.4) is 0 Å². The third kappa shape index (κ3) is 4.20. The lowest BCUT2D eigenvalue weighted by atomic mass is 10.1. The molecule has 0 aliphatic carbocycles. The molecule has 1 heterocycles. The van der Waals surface area contributed by atoms with Crippen LogP contribution >= 0.6 is 11.6 Å². The summed E-state index contributed by atoms with van der Waals surface area (Å²) >= 11 is 6.00. The van der Waals surface area contributed by atoms with Gasteiger partial charge >= 0.3 is 12.0 Å². The van der Waals surface area contributed by atoms with Crippen molar-refractivity contribution in [1.29, 1.82) is 0 Å². The van der Waals surface area contributed by atoms with E-state index in [1.165, 1.54) is 19.2 Å². The number of urea groups is 1. The standard InChI is InChI=1S/C16H16ClN3O4/c1-3-18-16(23)20-14(21)9(2)24-15(22)12-8-11(17)7-10-5-4-6-19-13(10)12/h4-9H,3H2,1-2H3,(H2,18,20,21,23). The average Bonchev–Trinajstić information content (AvgIpc) is 2.53. The van der Waals surface area contributed by atoms with E-state index in [0.717, 1.165) is 0 Å². The van der Waals surface area contributed by atoms with Gasteiger partial charge in [-0.1, -0.05) is 17.7 Å². The zero-order chi connectivity index (χ0) is 17.7. The molecule has 3 amide bonds. The zero-order valence-electron chi connectivity index (χ0n) is 13.1. The molecular formula is C16H16ClN3O4. The summed E-state index contributed by atoms with van der Waals surface area (Å²) in [5, 5.41) is 5.51. The molecule has 126 valence electrons. The number of aromatic nitrogens is 1. The van der Waals surface area contributed by atoms with Crippen molar-refractivity contribution in [2.45, 2.75) is 20.0 Å². The van der Waals surface area contributed by atoms with Crippen molar-refractivity contribution in [1.82, 2.24) is 15.6 Å². The second-order valence-electron chi connectivity index (χ2n) is 4.92. The number of fused-ring (bicyclic) bond motifs is 1. The molecule has 1 atom stereocenters. The predicted molar refractivity (Wildman–Crippen MR) is 88.8 cm³/mol. The molecule has 0 spiro atoms. The Labute approximate surface area is 143 Å². The number of nitrogens with zero attached hydrogens (tertiary/aromatic N) is 1. The van der Waals surface area contributed by atoms with Gasteiger partial charge in [0.1, 0.15) is 0 Å². The number of rotatable bonds is 4. The van der Waals surface area contributed by atoms with Crippen molar-refractivity contribution in [2.24, 2.45) is 0 Å². The first-order chi connectivity index (χ1) is 11.4. The number of carbonyl (C=O) groups excluding carboxylic acids is 3. The van der Waals surface area contributed by atoms with Gasteiger partial charge in [0.25, 0.3) is 5.91 Å². The molecule has 8 heteroatoms. The van der Waals surface area contributed by atoms with Gasteiger partial charge in [-0.3, -0.25) is 15.1 Å². The lowest BCUT2D eigenvalue weighted by Gasteiger charge is -2.14. The van der Waals surface area contributed by atoms with E-state index < -0.39 is 24.0 Å². The maximum absolute atomic E-state index is 12.3. The summed E-state index contributed by atoms with van der Waals surface area (Å²) in [6.45, 7) is 3.45. The number of ether oxygens (including phenoxy) is 1. The van der Waals surface area contributed by atoms with E-state index >= 15 is 0 Å². The predicted octanol–water partition coefficient (Wildman–Crippen LogP) is 2.28. The Hall–Kier alpha value is -2.67. The van der Waals surface area contributed by atoms with Crippen LogP contribution in [0.15, 0.2) is 30.5 Å². The smallest absolute Gasteiger partial charge is 0.341 e. The molecule has 2 aromatic rings. The molecule has 2 rings (SSSR count). The number of halogens is 1. The molecule has 0 saturated heterocycles. The highest BCUT2D eigenvalue weighted by molar-refractivity contribution is 6.32. The minimum atomic E-state index is -1.15. The summed E-state index contributed by atoms with van der Waals surface area (Å²) in [5.41, 5.74) is 0.569. The second-order valence-corrected chi connectivity index (χ2v) is 5.36. The van der Waals surface area contributed by atoms with Gasteiger partial charge in [0.05, 0.1) is 11.1 Å². The van der Waals surface area contributed by atoms with Crippen LogP contribution in [-0.4, -0.2) is 35.5 Å². The Morgan fingerprint density at radius 1 is 1.33 bits per heavy atom. The summed E-state index contributed by atoms with van der Waals surface area (Å²) in [4.78, 5) is 39.6. The van der Waals surface area contributed by atoms with E-state index in [0.29, 0.717) is 22.5 Å². The minimum absolute atomic E-state index is 0.149. The Balaban J connectivity index is 2.15. The first kappa shape index (κ1) is 17.7.